The first-order chi connectivity index (χ1) is 17.7. The van der Waals surface area contributed by atoms with Crippen LogP contribution in [0, 0.1) is 12.8 Å². The Morgan fingerprint density at radius 1 is 1.16 bits per heavy atom. The first-order valence-corrected chi connectivity index (χ1v) is 12.8. The summed E-state index contributed by atoms with van der Waals surface area (Å²) in [6.07, 6.45) is 2.82. The zero-order chi connectivity index (χ0) is 26.5. The maximum Gasteiger partial charge on any atom is 0.248 e. The molecule has 0 spiro atoms. The Kier molecular flexibility index (Phi) is 9.57. The number of nitrogens with two attached hydrogens (primary N) is 1. The summed E-state index contributed by atoms with van der Waals surface area (Å²) in [7, 11) is 1.98. The van der Waals surface area contributed by atoms with Crippen molar-refractivity contribution < 1.29 is 4.79 Å². The summed E-state index contributed by atoms with van der Waals surface area (Å²) < 4.78 is 0. The minimum Gasteiger partial charge on any atom is -0.366 e. The van der Waals surface area contributed by atoms with Gasteiger partial charge < -0.3 is 21.3 Å². The second kappa shape index (κ2) is 12.6. The highest BCUT2D eigenvalue weighted by molar-refractivity contribution is 5.94. The molecule has 4 rings (SSSR count). The van der Waals surface area contributed by atoms with Crippen molar-refractivity contribution in [3.05, 3.63) is 59.4 Å². The first-order valence-electron chi connectivity index (χ1n) is 12.8. The number of rotatable bonds is 10. The minimum atomic E-state index is -0.482. The van der Waals surface area contributed by atoms with E-state index in [2.05, 4.69) is 57.3 Å². The molecule has 3 aromatic rings. The molecule has 1 aliphatic heterocycles. The van der Waals surface area contributed by atoms with Crippen molar-refractivity contribution in [3.63, 3.8) is 0 Å². The highest BCUT2D eigenvalue weighted by Gasteiger charge is 2.28. The van der Waals surface area contributed by atoms with Crippen LogP contribution in [-0.4, -0.2) is 63.5 Å². The molecule has 0 bridgehead atoms. The van der Waals surface area contributed by atoms with Crippen molar-refractivity contribution in [2.75, 3.05) is 42.2 Å². The number of nitrogens with one attached hydrogen (secondary N) is 2. The van der Waals surface area contributed by atoms with Gasteiger partial charge in [0.25, 0.3) is 0 Å². The fraction of sp³-hybridized carbons (Fsp3) is 0.464. The second-order valence-electron chi connectivity index (χ2n) is 10.1. The number of pyridine rings is 1. The number of anilines is 4. The molecule has 1 fully saturated rings. The van der Waals surface area contributed by atoms with Crippen molar-refractivity contribution in [3.8, 4) is 0 Å². The number of aromatic nitrogens is 4. The lowest BCUT2D eigenvalue weighted by atomic mass is 10.1. The van der Waals surface area contributed by atoms with Crippen LogP contribution in [0.25, 0.3) is 0 Å². The average molecular weight is 520 g/mol. The molecular weight excluding hydrogens is 478 g/mol. The van der Waals surface area contributed by atoms with Gasteiger partial charge in [-0.2, -0.15) is 15.0 Å². The number of aryl methyl sites for hydroxylation is 1. The van der Waals surface area contributed by atoms with Crippen molar-refractivity contribution in [1.82, 2.24) is 24.8 Å². The van der Waals surface area contributed by atoms with Gasteiger partial charge in [-0.1, -0.05) is 33.4 Å². The number of amides is 1. The summed E-state index contributed by atoms with van der Waals surface area (Å²) in [5, 5.41) is 6.81. The van der Waals surface area contributed by atoms with Gasteiger partial charge in [-0.3, -0.25) is 14.7 Å². The molecule has 0 aliphatic carbocycles. The topological polar surface area (TPSA) is 125 Å². The molecule has 1 unspecified atom stereocenters. The van der Waals surface area contributed by atoms with E-state index in [1.165, 1.54) is 0 Å². The number of carbonyl (C=O) groups is 1. The standard InChI is InChI=1S/C27H37N9O.CH4/c1-17(2)15-35(5)27-33-25(30-21-11-13-36(16-21)19(4)22-8-6-7-12-29-22)32-26(34-27)31-23-14-20(24(28)37)10-9-18(23)3;/h6-10,12,14,17,19,21H,11,13,15-16H2,1-5H3,(H2,28,37)(H2,30,31,32,33,34);1H4/t19?,21-;/m0./s1. The number of carbonyl (C=O) groups excluding carboxylic acids is 1. The van der Waals surface area contributed by atoms with Crippen LogP contribution in [0.5, 0.6) is 0 Å². The number of hydrogen-bond acceptors (Lipinski definition) is 9. The molecule has 1 aliphatic rings. The van der Waals surface area contributed by atoms with Crippen LogP contribution in [0.1, 0.15) is 62.3 Å². The Hall–Kier alpha value is -3.79. The Morgan fingerprint density at radius 3 is 2.61 bits per heavy atom. The van der Waals surface area contributed by atoms with Gasteiger partial charge in [0, 0.05) is 56.2 Å². The van der Waals surface area contributed by atoms with Gasteiger partial charge in [-0.25, -0.2) is 0 Å². The Morgan fingerprint density at radius 2 is 1.92 bits per heavy atom. The Bertz CT molecular complexity index is 1220. The minimum absolute atomic E-state index is 0. The van der Waals surface area contributed by atoms with Gasteiger partial charge >= 0.3 is 0 Å². The molecule has 38 heavy (non-hydrogen) atoms. The molecule has 1 aromatic carbocycles. The van der Waals surface area contributed by atoms with E-state index in [4.69, 9.17) is 10.7 Å². The molecule has 3 heterocycles. The zero-order valence-electron chi connectivity index (χ0n) is 22.3. The summed E-state index contributed by atoms with van der Waals surface area (Å²) in [5.74, 6) is 1.47. The lowest BCUT2D eigenvalue weighted by Gasteiger charge is -2.24. The molecule has 10 nitrogen and oxygen atoms in total. The molecule has 0 saturated carbocycles. The predicted octanol–water partition coefficient (Wildman–Crippen LogP) is 4.39. The quantitative estimate of drug-likeness (QED) is 0.357. The summed E-state index contributed by atoms with van der Waals surface area (Å²) in [6, 6.07) is 11.8. The van der Waals surface area contributed by atoms with Gasteiger partial charge in [-0.15, -0.1) is 0 Å². The third-order valence-electron chi connectivity index (χ3n) is 6.59. The van der Waals surface area contributed by atoms with Crippen LogP contribution in [0.4, 0.5) is 23.5 Å². The second-order valence-corrected chi connectivity index (χ2v) is 10.1. The highest BCUT2D eigenvalue weighted by Crippen LogP contribution is 2.26. The molecule has 10 heteroatoms. The monoisotopic (exact) mass is 519 g/mol. The maximum absolute atomic E-state index is 11.7. The van der Waals surface area contributed by atoms with Crippen LogP contribution >= 0.6 is 0 Å². The van der Waals surface area contributed by atoms with Crippen LogP contribution in [0.15, 0.2) is 42.6 Å². The maximum atomic E-state index is 11.7. The molecule has 0 radical (unpaired) electrons. The van der Waals surface area contributed by atoms with E-state index in [0.29, 0.717) is 29.3 Å². The molecular formula is C28H41N9O. The van der Waals surface area contributed by atoms with E-state index in [0.717, 1.165) is 43.0 Å². The molecule has 1 amide bonds. The Labute approximate surface area is 226 Å². The predicted molar refractivity (Wildman–Crippen MR) is 154 cm³/mol. The van der Waals surface area contributed by atoms with E-state index in [1.54, 1.807) is 12.1 Å². The fourth-order valence-corrected chi connectivity index (χ4v) is 4.57. The van der Waals surface area contributed by atoms with Crippen molar-refractivity contribution in [2.24, 2.45) is 11.7 Å². The summed E-state index contributed by atoms with van der Waals surface area (Å²) in [4.78, 5) is 34.8. The largest absolute Gasteiger partial charge is 0.366 e. The Balaban J connectivity index is 0.00000400. The molecule has 4 N–H and O–H groups in total. The first kappa shape index (κ1) is 28.8. The number of likely N-dealkylation sites (tertiary alicyclic amines) is 1. The van der Waals surface area contributed by atoms with Crippen molar-refractivity contribution in [1.29, 1.82) is 0 Å². The summed E-state index contributed by atoms with van der Waals surface area (Å²) in [6.45, 7) is 11.1. The molecule has 2 atom stereocenters. The van der Waals surface area contributed by atoms with E-state index >= 15 is 0 Å². The van der Waals surface area contributed by atoms with Gasteiger partial charge in [0.15, 0.2) is 0 Å². The lowest BCUT2D eigenvalue weighted by Crippen LogP contribution is -2.30. The van der Waals surface area contributed by atoms with Gasteiger partial charge in [0.2, 0.25) is 23.8 Å². The SMILES string of the molecule is C.Cc1ccc(C(N)=O)cc1Nc1nc(N[C@H]2CCN(C(C)c3ccccn3)C2)nc(N(C)CC(C)C)n1. The summed E-state index contributed by atoms with van der Waals surface area (Å²) in [5.41, 5.74) is 8.66. The third-order valence-corrected chi connectivity index (χ3v) is 6.59. The lowest BCUT2D eigenvalue weighted by molar-refractivity contribution is 0.100. The number of hydrogen-bond donors (Lipinski definition) is 3. The number of primary amides is 1. The van der Waals surface area contributed by atoms with Crippen LogP contribution in [-0.2, 0) is 0 Å². The van der Waals surface area contributed by atoms with Crippen LogP contribution in [0.2, 0.25) is 0 Å². The van der Waals surface area contributed by atoms with E-state index in [1.807, 2.05) is 43.3 Å². The van der Waals surface area contributed by atoms with E-state index in [9.17, 15) is 4.79 Å². The van der Waals surface area contributed by atoms with E-state index in [-0.39, 0.29) is 19.5 Å². The number of benzene rings is 1. The zero-order valence-corrected chi connectivity index (χ0v) is 22.3. The molecule has 2 aromatic heterocycles. The van der Waals surface area contributed by atoms with Gasteiger partial charge in [0.1, 0.15) is 0 Å². The summed E-state index contributed by atoms with van der Waals surface area (Å²) >= 11 is 0. The van der Waals surface area contributed by atoms with Crippen LogP contribution in [0.3, 0.4) is 0 Å². The normalized spacial score (nSPS) is 16.1. The number of nitrogens with zero attached hydrogens (tertiary/aromatic N) is 6. The fourth-order valence-electron chi connectivity index (χ4n) is 4.57. The average Bonchev–Trinajstić information content (AvgIpc) is 3.33. The van der Waals surface area contributed by atoms with Crippen molar-refractivity contribution >= 4 is 29.4 Å². The van der Waals surface area contributed by atoms with E-state index < -0.39 is 5.91 Å². The molecule has 204 valence electrons. The third kappa shape index (κ3) is 7.16. The van der Waals surface area contributed by atoms with Crippen LogP contribution < -0.4 is 21.3 Å². The molecule has 1 saturated heterocycles. The van der Waals surface area contributed by atoms with Gasteiger partial charge in [-0.05, 0) is 56.0 Å². The highest BCUT2D eigenvalue weighted by atomic mass is 16.1. The van der Waals surface area contributed by atoms with Crippen molar-refractivity contribution in [2.45, 2.75) is 53.6 Å². The van der Waals surface area contributed by atoms with Gasteiger partial charge in [0.05, 0.1) is 5.69 Å². The smallest absolute Gasteiger partial charge is 0.248 e.